The summed E-state index contributed by atoms with van der Waals surface area (Å²) in [4.78, 5) is 95.3. The number of primary amides is 2. The van der Waals surface area contributed by atoms with Crippen molar-refractivity contribution in [2.24, 2.45) is 17.2 Å². The van der Waals surface area contributed by atoms with Gasteiger partial charge in [-0.15, -0.1) is 11.8 Å². The summed E-state index contributed by atoms with van der Waals surface area (Å²) in [6, 6.07) is 5.24. The van der Waals surface area contributed by atoms with Crippen LogP contribution in [0, 0.1) is 13.8 Å². The molecule has 2 atom stereocenters. The zero-order chi connectivity index (χ0) is 48.3. The summed E-state index contributed by atoms with van der Waals surface area (Å²) in [6.07, 6.45) is 5.73. The number of nitrogens with two attached hydrogens (primary N) is 3. The van der Waals surface area contributed by atoms with E-state index in [0.717, 1.165) is 16.7 Å². The second-order valence-electron chi connectivity index (χ2n) is 15.7. The first-order chi connectivity index (χ1) is 32.0. The molecule has 5 amide bonds. The average Bonchev–Trinajstić information content (AvgIpc) is 4.02. The Labute approximate surface area is 386 Å². The minimum absolute atomic E-state index is 0.0288. The Kier molecular flexibility index (Phi) is 14.1. The van der Waals surface area contributed by atoms with Gasteiger partial charge in [-0.1, -0.05) is 12.2 Å². The maximum Gasteiger partial charge on any atom is 0.321 e. The van der Waals surface area contributed by atoms with Gasteiger partial charge in [-0.3, -0.25) is 33.7 Å². The molecule has 5 heterocycles. The number of anilines is 1. The van der Waals surface area contributed by atoms with E-state index in [1.54, 1.807) is 51.5 Å². The van der Waals surface area contributed by atoms with Gasteiger partial charge in [0.25, 0.3) is 0 Å². The summed E-state index contributed by atoms with van der Waals surface area (Å²) in [6.45, 7) is 4.45. The SMILES string of the molecule is CNc1nc2cc(C(N)=O)cc(OCCCN(C)C(=O)CCN3C(=O)CC(SCC(N)C(=O)O)C3=O)c2n1C/C=C/Cn1c2nc(-c3oc(C)nc3C)ncc2c2cc(C(N)=O)cc(OC)c21. The number of aliphatic carboxylic acids is 1. The van der Waals surface area contributed by atoms with Crippen LogP contribution in [0.15, 0.2) is 47.0 Å². The summed E-state index contributed by atoms with van der Waals surface area (Å²) in [5.74, 6) is -1.26. The second-order valence-corrected chi connectivity index (χ2v) is 17.0. The van der Waals surface area contributed by atoms with Crippen molar-refractivity contribution in [2.75, 3.05) is 52.0 Å². The highest BCUT2D eigenvalue weighted by atomic mass is 32.2. The number of rotatable bonds is 21. The Bertz CT molecular complexity index is 2980. The molecule has 0 saturated carbocycles. The van der Waals surface area contributed by atoms with E-state index in [1.807, 2.05) is 28.2 Å². The number of ether oxygens (including phenoxy) is 2. The van der Waals surface area contributed by atoms with Crippen molar-refractivity contribution in [1.29, 1.82) is 0 Å². The minimum Gasteiger partial charge on any atom is -0.495 e. The molecule has 1 aliphatic rings. The predicted octanol–water partition coefficient (Wildman–Crippen LogP) is 2.60. The van der Waals surface area contributed by atoms with Crippen LogP contribution in [0.2, 0.25) is 0 Å². The van der Waals surface area contributed by atoms with E-state index >= 15 is 0 Å². The summed E-state index contributed by atoms with van der Waals surface area (Å²) >= 11 is 1.01. The van der Waals surface area contributed by atoms with E-state index in [1.165, 1.54) is 12.0 Å². The van der Waals surface area contributed by atoms with Crippen LogP contribution in [0.3, 0.4) is 0 Å². The molecule has 23 heteroatoms. The molecular weight excluding hydrogens is 889 g/mol. The van der Waals surface area contributed by atoms with Crippen LogP contribution in [0.4, 0.5) is 5.95 Å². The molecule has 0 aliphatic carbocycles. The Hall–Kier alpha value is -7.53. The molecular formula is C44H50N12O10S. The quantitative estimate of drug-likeness (QED) is 0.0393. The highest BCUT2D eigenvalue weighted by Crippen LogP contribution is 2.37. The number of imidazole rings is 1. The molecule has 0 spiro atoms. The maximum atomic E-state index is 13.0. The van der Waals surface area contributed by atoms with Gasteiger partial charge in [0, 0.05) is 93.9 Å². The third kappa shape index (κ3) is 9.87. The zero-order valence-electron chi connectivity index (χ0n) is 37.4. The molecule has 2 aromatic carbocycles. The lowest BCUT2D eigenvalue weighted by atomic mass is 10.1. The monoisotopic (exact) mass is 938 g/mol. The van der Waals surface area contributed by atoms with Gasteiger partial charge in [-0.25, -0.2) is 19.9 Å². The summed E-state index contributed by atoms with van der Waals surface area (Å²) in [5, 5.41) is 12.7. The van der Waals surface area contributed by atoms with Gasteiger partial charge in [-0.2, -0.15) is 0 Å². The molecule has 6 aromatic rings. The van der Waals surface area contributed by atoms with E-state index in [-0.39, 0.29) is 55.3 Å². The molecule has 1 saturated heterocycles. The number of oxazole rings is 1. The fraction of sp³-hybridized carbons (Fsp3) is 0.364. The normalized spacial score (nSPS) is 14.5. The number of aromatic nitrogens is 6. The van der Waals surface area contributed by atoms with E-state index in [9.17, 15) is 28.8 Å². The molecule has 0 bridgehead atoms. The fourth-order valence-electron chi connectivity index (χ4n) is 7.82. The van der Waals surface area contributed by atoms with Crippen molar-refractivity contribution < 1.29 is 47.8 Å². The third-order valence-corrected chi connectivity index (χ3v) is 12.5. The van der Waals surface area contributed by atoms with Crippen LogP contribution in [-0.4, -0.2) is 137 Å². The molecule has 352 valence electrons. The number of carbonyl (C=O) groups excluding carboxylic acids is 5. The molecule has 8 N–H and O–H groups in total. The number of nitrogens with zero attached hydrogens (tertiary/aromatic N) is 8. The van der Waals surface area contributed by atoms with E-state index in [0.29, 0.717) is 93.1 Å². The van der Waals surface area contributed by atoms with Crippen molar-refractivity contribution in [3.63, 3.8) is 0 Å². The molecule has 7 rings (SSSR count). The van der Waals surface area contributed by atoms with Crippen molar-refractivity contribution in [2.45, 2.75) is 57.5 Å². The molecule has 22 nitrogen and oxygen atoms in total. The van der Waals surface area contributed by atoms with Gasteiger partial charge >= 0.3 is 5.97 Å². The van der Waals surface area contributed by atoms with Gasteiger partial charge in [-0.05, 0) is 37.6 Å². The number of amides is 5. The predicted molar refractivity (Wildman–Crippen MR) is 248 cm³/mol. The Morgan fingerprint density at radius 1 is 1.00 bits per heavy atom. The topological polar surface area (TPSA) is 312 Å². The summed E-state index contributed by atoms with van der Waals surface area (Å²) in [7, 11) is 4.83. The molecule has 1 aliphatic heterocycles. The van der Waals surface area contributed by atoms with E-state index in [2.05, 4.69) is 15.3 Å². The lowest BCUT2D eigenvalue weighted by molar-refractivity contribution is -0.140. The fourth-order valence-corrected chi connectivity index (χ4v) is 8.93. The molecule has 4 aromatic heterocycles. The van der Waals surface area contributed by atoms with Crippen LogP contribution < -0.4 is 32.0 Å². The number of imide groups is 1. The smallest absolute Gasteiger partial charge is 0.321 e. The van der Waals surface area contributed by atoms with Gasteiger partial charge < -0.3 is 55.5 Å². The number of benzene rings is 2. The first-order valence-electron chi connectivity index (χ1n) is 21.1. The Morgan fingerprint density at radius 3 is 2.36 bits per heavy atom. The third-order valence-electron chi connectivity index (χ3n) is 11.2. The number of fused-ring (bicyclic) bond motifs is 4. The Balaban J connectivity index is 1.07. The molecule has 1 fully saturated rings. The Morgan fingerprint density at radius 2 is 1.70 bits per heavy atom. The van der Waals surface area contributed by atoms with E-state index in [4.69, 9.17) is 46.2 Å². The first kappa shape index (κ1) is 47.4. The molecule has 67 heavy (non-hydrogen) atoms. The summed E-state index contributed by atoms with van der Waals surface area (Å²) < 4.78 is 21.7. The number of likely N-dealkylation sites (tertiary alicyclic amines) is 1. The number of hydrogen-bond donors (Lipinski definition) is 5. The lowest BCUT2D eigenvalue weighted by Gasteiger charge is -2.20. The van der Waals surface area contributed by atoms with Gasteiger partial charge in [0.2, 0.25) is 35.5 Å². The van der Waals surface area contributed by atoms with E-state index < -0.39 is 40.9 Å². The van der Waals surface area contributed by atoms with Crippen LogP contribution in [0.25, 0.3) is 44.6 Å². The number of carboxylic acid groups (broad SMARTS) is 1. The van der Waals surface area contributed by atoms with Crippen LogP contribution >= 0.6 is 11.8 Å². The van der Waals surface area contributed by atoms with Crippen LogP contribution in [0.5, 0.6) is 11.5 Å². The van der Waals surface area contributed by atoms with Crippen LogP contribution in [0.1, 0.15) is 51.6 Å². The number of carbonyl (C=O) groups is 6. The highest BCUT2D eigenvalue weighted by molar-refractivity contribution is 8.00. The highest BCUT2D eigenvalue weighted by Gasteiger charge is 2.39. The molecule has 2 unspecified atom stereocenters. The number of carboxylic acids is 1. The maximum absolute atomic E-state index is 13.0. The van der Waals surface area contributed by atoms with Gasteiger partial charge in [0.15, 0.2) is 17.5 Å². The standard InChI is InChI=1S/C44H50N12O10S/c1-22-37(66-23(2)50-22)40-49-20-27-26-15-24(38(46)59)17-30(64-5)35(26)55(41(27)52-40)11-6-7-12-56-36-29(51-44(56)48-3)16-25(39(47)60)18-31(36)65-14-8-10-53(4)33(57)9-13-54-34(58)19-32(42(54)61)67-21-28(45)43(62)63/h6-7,15-18,20,28,32H,8-14,19,21,45H2,1-5H3,(H2,46,59)(H2,47,60)(H,48,51)(H,62,63)/b7-6+. The zero-order valence-corrected chi connectivity index (χ0v) is 38.2. The number of aryl methyl sites for hydroxylation is 2. The number of hydrogen-bond acceptors (Lipinski definition) is 16. The largest absolute Gasteiger partial charge is 0.495 e. The number of allylic oxidation sites excluding steroid dienone is 2. The molecule has 0 radical (unpaired) electrons. The van der Waals surface area contributed by atoms with Gasteiger partial charge in [0.1, 0.15) is 28.7 Å². The number of nitrogens with one attached hydrogen (secondary N) is 1. The first-order valence-corrected chi connectivity index (χ1v) is 22.1. The van der Waals surface area contributed by atoms with Crippen molar-refractivity contribution in [3.8, 4) is 23.1 Å². The average molecular weight is 939 g/mol. The van der Waals surface area contributed by atoms with Crippen molar-refractivity contribution in [1.82, 2.24) is 38.9 Å². The van der Waals surface area contributed by atoms with Crippen molar-refractivity contribution >= 4 is 86.2 Å². The van der Waals surface area contributed by atoms with Crippen LogP contribution in [-0.2, 0) is 32.3 Å². The number of thioether (sulfide) groups is 1. The second kappa shape index (κ2) is 19.9. The van der Waals surface area contributed by atoms with Crippen molar-refractivity contribution in [3.05, 3.63) is 65.3 Å². The minimum atomic E-state index is -1.20. The summed E-state index contributed by atoms with van der Waals surface area (Å²) in [5.41, 5.74) is 20.3. The lowest BCUT2D eigenvalue weighted by Crippen LogP contribution is -2.37. The number of methoxy groups -OCH3 is 1. The van der Waals surface area contributed by atoms with Gasteiger partial charge in [0.05, 0.1) is 35.7 Å².